The van der Waals surface area contributed by atoms with Crippen LogP contribution in [0.5, 0.6) is 0 Å². The molecule has 5 N–H and O–H groups in total. The quantitative estimate of drug-likeness (QED) is 0.472. The number of thiazole rings is 1. The van der Waals surface area contributed by atoms with Gasteiger partial charge in [-0.25, -0.2) is 9.97 Å². The summed E-state index contributed by atoms with van der Waals surface area (Å²) in [6.07, 6.45) is 1.58. The number of primary amides is 1. The highest BCUT2D eigenvalue weighted by atomic mass is 32.1. The first-order valence-electron chi connectivity index (χ1n) is 9.16. The zero-order valence-electron chi connectivity index (χ0n) is 16.5. The molecule has 0 aliphatic rings. The summed E-state index contributed by atoms with van der Waals surface area (Å²) in [6.45, 7) is 5.40. The van der Waals surface area contributed by atoms with Gasteiger partial charge in [0.15, 0.2) is 5.69 Å². The fourth-order valence-electron chi connectivity index (χ4n) is 2.70. The Morgan fingerprint density at radius 1 is 1.24 bits per heavy atom. The topological polar surface area (TPSA) is 121 Å². The van der Waals surface area contributed by atoms with Gasteiger partial charge in [0.05, 0.1) is 5.60 Å². The smallest absolute Gasteiger partial charge is 0.270 e. The number of carbonyl (C=O) groups excluding carboxylic acids is 1. The Morgan fingerprint density at radius 3 is 2.45 bits per heavy atom. The number of aliphatic hydroxyl groups is 2. The summed E-state index contributed by atoms with van der Waals surface area (Å²) in [5.41, 5.74) is 7.22. The molecule has 1 aromatic carbocycles. The number of aromatic nitrogens is 2. The SMILES string of the molecule is CC(CO)c1ccc(-c2nc(C(N)=O)c(Nc3ccc(C(C)(C)O)cn3)s2)cc1. The van der Waals surface area contributed by atoms with E-state index in [-0.39, 0.29) is 18.2 Å². The van der Waals surface area contributed by atoms with Gasteiger partial charge in [-0.2, -0.15) is 0 Å². The molecule has 0 radical (unpaired) electrons. The van der Waals surface area contributed by atoms with Crippen LogP contribution >= 0.6 is 11.3 Å². The monoisotopic (exact) mass is 412 g/mol. The summed E-state index contributed by atoms with van der Waals surface area (Å²) in [4.78, 5) is 20.6. The fourth-order valence-corrected chi connectivity index (χ4v) is 3.68. The lowest BCUT2D eigenvalue weighted by atomic mass is 10.0. The number of pyridine rings is 1. The first-order chi connectivity index (χ1) is 13.7. The van der Waals surface area contributed by atoms with Gasteiger partial charge < -0.3 is 21.3 Å². The van der Waals surface area contributed by atoms with Crippen molar-refractivity contribution in [1.82, 2.24) is 9.97 Å². The van der Waals surface area contributed by atoms with Crippen molar-refractivity contribution in [3.05, 3.63) is 59.4 Å². The Hall–Kier alpha value is -2.81. The molecule has 0 spiro atoms. The summed E-state index contributed by atoms with van der Waals surface area (Å²) in [5, 5.41) is 23.6. The standard InChI is InChI=1S/C21H24N4O3S/c1-12(11-26)13-4-6-14(7-5-13)19-25-17(18(22)27)20(29-19)24-16-9-8-15(10-23-16)21(2,3)28/h4-10,12,26,28H,11H2,1-3H3,(H2,22,27)(H,23,24). The van der Waals surface area contributed by atoms with E-state index in [4.69, 9.17) is 5.73 Å². The summed E-state index contributed by atoms with van der Waals surface area (Å²) in [5.74, 6) is -0.0619. The number of hydrogen-bond donors (Lipinski definition) is 4. The minimum absolute atomic E-state index is 0.0525. The normalized spacial score (nSPS) is 12.6. The van der Waals surface area contributed by atoms with Crippen LogP contribution in [0.1, 0.15) is 48.3 Å². The lowest BCUT2D eigenvalue weighted by Crippen LogP contribution is -2.16. The number of nitrogens with two attached hydrogens (primary N) is 1. The van der Waals surface area contributed by atoms with Crippen LogP contribution in [0.25, 0.3) is 10.6 Å². The van der Waals surface area contributed by atoms with Crippen LogP contribution in [-0.4, -0.2) is 32.7 Å². The van der Waals surface area contributed by atoms with Gasteiger partial charge in [0.1, 0.15) is 15.8 Å². The zero-order valence-corrected chi connectivity index (χ0v) is 17.3. The Bertz CT molecular complexity index is 992. The molecule has 0 aliphatic carbocycles. The maximum absolute atomic E-state index is 11.9. The number of nitrogens with one attached hydrogen (secondary N) is 1. The number of anilines is 2. The van der Waals surface area contributed by atoms with E-state index < -0.39 is 11.5 Å². The van der Waals surface area contributed by atoms with E-state index in [2.05, 4.69) is 15.3 Å². The van der Waals surface area contributed by atoms with E-state index in [1.54, 1.807) is 32.2 Å². The molecule has 3 rings (SSSR count). The lowest BCUT2D eigenvalue weighted by Gasteiger charge is -2.17. The number of hydrogen-bond acceptors (Lipinski definition) is 7. The average molecular weight is 413 g/mol. The maximum Gasteiger partial charge on any atom is 0.270 e. The molecular weight excluding hydrogens is 388 g/mol. The Kier molecular flexibility index (Phi) is 5.97. The molecular formula is C21H24N4O3S. The van der Waals surface area contributed by atoms with Crippen LogP contribution in [0.2, 0.25) is 0 Å². The van der Waals surface area contributed by atoms with Crippen molar-refractivity contribution in [3.8, 4) is 10.6 Å². The predicted octanol–water partition coefficient (Wildman–Crippen LogP) is 3.37. The van der Waals surface area contributed by atoms with E-state index in [1.165, 1.54) is 11.3 Å². The van der Waals surface area contributed by atoms with E-state index in [0.717, 1.165) is 11.1 Å². The number of nitrogens with zero attached hydrogens (tertiary/aromatic N) is 2. The van der Waals surface area contributed by atoms with E-state index in [1.807, 2.05) is 31.2 Å². The van der Waals surface area contributed by atoms with Crippen molar-refractivity contribution in [3.63, 3.8) is 0 Å². The minimum atomic E-state index is -0.985. The molecule has 8 heteroatoms. The zero-order chi connectivity index (χ0) is 21.2. The molecule has 1 amide bonds. The molecule has 2 heterocycles. The third-order valence-corrected chi connectivity index (χ3v) is 5.59. The minimum Gasteiger partial charge on any atom is -0.396 e. The van der Waals surface area contributed by atoms with Crippen molar-refractivity contribution in [2.45, 2.75) is 32.3 Å². The van der Waals surface area contributed by atoms with Crippen LogP contribution in [0.15, 0.2) is 42.6 Å². The second-order valence-electron chi connectivity index (χ2n) is 7.38. The van der Waals surface area contributed by atoms with Crippen molar-refractivity contribution in [1.29, 1.82) is 0 Å². The van der Waals surface area contributed by atoms with Gasteiger partial charge in [0, 0.05) is 29.8 Å². The number of carbonyl (C=O) groups is 1. The summed E-state index contributed by atoms with van der Waals surface area (Å²) >= 11 is 1.30. The van der Waals surface area contributed by atoms with Crippen LogP contribution in [0.4, 0.5) is 10.8 Å². The molecule has 0 aliphatic heterocycles. The largest absolute Gasteiger partial charge is 0.396 e. The molecule has 1 unspecified atom stereocenters. The second-order valence-corrected chi connectivity index (χ2v) is 8.38. The highest BCUT2D eigenvalue weighted by Crippen LogP contribution is 2.34. The van der Waals surface area contributed by atoms with Crippen molar-refractivity contribution < 1.29 is 15.0 Å². The first-order valence-corrected chi connectivity index (χ1v) is 9.98. The van der Waals surface area contributed by atoms with Crippen LogP contribution in [-0.2, 0) is 5.60 Å². The lowest BCUT2D eigenvalue weighted by molar-refractivity contribution is 0.0782. The molecule has 3 aromatic rings. The molecule has 1 atom stereocenters. The molecule has 0 saturated carbocycles. The van der Waals surface area contributed by atoms with Crippen molar-refractivity contribution in [2.24, 2.45) is 5.73 Å². The van der Waals surface area contributed by atoms with E-state index >= 15 is 0 Å². The van der Waals surface area contributed by atoms with Gasteiger partial charge in [0.25, 0.3) is 5.91 Å². The molecule has 29 heavy (non-hydrogen) atoms. The summed E-state index contributed by atoms with van der Waals surface area (Å²) in [6, 6.07) is 11.2. The second kappa shape index (κ2) is 8.28. The number of amides is 1. The molecule has 2 aromatic heterocycles. The summed E-state index contributed by atoms with van der Waals surface area (Å²) < 4.78 is 0. The van der Waals surface area contributed by atoms with Gasteiger partial charge in [-0.15, -0.1) is 0 Å². The highest BCUT2D eigenvalue weighted by molar-refractivity contribution is 7.19. The molecule has 0 fully saturated rings. The van der Waals surface area contributed by atoms with Gasteiger partial charge in [0.2, 0.25) is 0 Å². The Balaban J connectivity index is 1.88. The van der Waals surface area contributed by atoms with Gasteiger partial charge in [-0.1, -0.05) is 48.6 Å². The number of rotatable bonds is 7. The van der Waals surface area contributed by atoms with Crippen molar-refractivity contribution in [2.75, 3.05) is 11.9 Å². The van der Waals surface area contributed by atoms with Gasteiger partial charge in [-0.05, 0) is 25.5 Å². The fraction of sp³-hybridized carbons (Fsp3) is 0.286. The highest BCUT2D eigenvalue weighted by Gasteiger charge is 2.19. The maximum atomic E-state index is 11.9. The van der Waals surface area contributed by atoms with Crippen molar-refractivity contribution >= 4 is 28.1 Å². The van der Waals surface area contributed by atoms with Gasteiger partial charge in [-0.3, -0.25) is 4.79 Å². The molecule has 152 valence electrons. The van der Waals surface area contributed by atoms with Crippen LogP contribution in [0, 0.1) is 0 Å². The number of benzene rings is 1. The average Bonchev–Trinajstić information content (AvgIpc) is 3.11. The summed E-state index contributed by atoms with van der Waals surface area (Å²) in [7, 11) is 0. The first kappa shape index (κ1) is 20.9. The molecule has 0 bridgehead atoms. The van der Waals surface area contributed by atoms with Gasteiger partial charge >= 0.3 is 0 Å². The third-order valence-electron chi connectivity index (χ3n) is 4.57. The predicted molar refractivity (Wildman–Crippen MR) is 114 cm³/mol. The van der Waals surface area contributed by atoms with E-state index in [9.17, 15) is 15.0 Å². The Labute approximate surface area is 173 Å². The van der Waals surface area contributed by atoms with Crippen LogP contribution in [0.3, 0.4) is 0 Å². The molecule has 7 nitrogen and oxygen atoms in total. The Morgan fingerprint density at radius 2 is 1.93 bits per heavy atom. The van der Waals surface area contributed by atoms with E-state index in [0.29, 0.717) is 21.4 Å². The van der Waals surface area contributed by atoms with Crippen LogP contribution < -0.4 is 11.1 Å². The third kappa shape index (κ3) is 4.79. The number of aliphatic hydroxyl groups excluding tert-OH is 1. The molecule has 0 saturated heterocycles.